The van der Waals surface area contributed by atoms with E-state index in [1.807, 2.05) is 18.2 Å². The summed E-state index contributed by atoms with van der Waals surface area (Å²) in [4.78, 5) is 2.30. The first-order valence-corrected chi connectivity index (χ1v) is 6.76. The number of para-hydroxylation sites is 1. The van der Waals surface area contributed by atoms with Crippen molar-refractivity contribution in [3.8, 4) is 0 Å². The van der Waals surface area contributed by atoms with E-state index in [0.29, 0.717) is 6.04 Å². The van der Waals surface area contributed by atoms with Gasteiger partial charge in [0.05, 0.1) is 16.4 Å². The summed E-state index contributed by atoms with van der Waals surface area (Å²) in [6, 6.07) is 6.12. The summed E-state index contributed by atoms with van der Waals surface area (Å²) in [7, 11) is 0. The molecule has 0 saturated heterocycles. The van der Waals surface area contributed by atoms with Crippen molar-refractivity contribution in [1.29, 1.82) is 0 Å². The fourth-order valence-electron chi connectivity index (χ4n) is 2.00. The van der Waals surface area contributed by atoms with Crippen LogP contribution >= 0.6 is 11.6 Å². The second-order valence-corrected chi connectivity index (χ2v) is 5.08. The van der Waals surface area contributed by atoms with Crippen molar-refractivity contribution in [1.82, 2.24) is 0 Å². The van der Waals surface area contributed by atoms with Gasteiger partial charge in [-0.1, -0.05) is 37.4 Å². The van der Waals surface area contributed by atoms with Gasteiger partial charge in [-0.05, 0) is 32.4 Å². The molecule has 0 fully saturated rings. The summed E-state index contributed by atoms with van der Waals surface area (Å²) in [5.41, 5.74) is 7.79. The van der Waals surface area contributed by atoms with E-state index < -0.39 is 0 Å². The highest BCUT2D eigenvalue weighted by Crippen LogP contribution is 2.33. The molecule has 1 aromatic carbocycles. The van der Waals surface area contributed by atoms with Crippen LogP contribution in [-0.2, 0) is 0 Å². The van der Waals surface area contributed by atoms with Crippen LogP contribution in [0.4, 0.5) is 11.4 Å². The molecule has 0 aliphatic rings. The van der Waals surface area contributed by atoms with Crippen LogP contribution in [0.5, 0.6) is 0 Å². The highest BCUT2D eigenvalue weighted by Gasteiger charge is 2.15. The van der Waals surface area contributed by atoms with Gasteiger partial charge in [0.25, 0.3) is 0 Å². The first kappa shape index (κ1) is 14.2. The van der Waals surface area contributed by atoms with Crippen LogP contribution < -0.4 is 10.6 Å². The van der Waals surface area contributed by atoms with Crippen molar-refractivity contribution in [3.63, 3.8) is 0 Å². The highest BCUT2D eigenvalue weighted by atomic mass is 35.5. The standard InChI is InChI=1S/C14H23ClN2/c1-4-5-6-10-17(11(2)3)14-12(15)8-7-9-13(14)16/h7-9,11H,4-6,10,16H2,1-3H3. The van der Waals surface area contributed by atoms with Gasteiger partial charge in [-0.2, -0.15) is 0 Å². The number of benzene rings is 1. The van der Waals surface area contributed by atoms with Crippen LogP contribution in [0.2, 0.25) is 5.02 Å². The number of nitrogens with zero attached hydrogens (tertiary/aromatic N) is 1. The monoisotopic (exact) mass is 254 g/mol. The number of halogens is 1. The topological polar surface area (TPSA) is 29.3 Å². The predicted molar refractivity (Wildman–Crippen MR) is 77.9 cm³/mol. The van der Waals surface area contributed by atoms with Gasteiger partial charge in [0.15, 0.2) is 0 Å². The van der Waals surface area contributed by atoms with E-state index in [-0.39, 0.29) is 0 Å². The molecule has 0 unspecified atom stereocenters. The number of nitrogen functional groups attached to an aromatic ring is 1. The van der Waals surface area contributed by atoms with E-state index in [4.69, 9.17) is 17.3 Å². The number of anilines is 2. The van der Waals surface area contributed by atoms with E-state index >= 15 is 0 Å². The van der Waals surface area contributed by atoms with Gasteiger partial charge in [-0.25, -0.2) is 0 Å². The van der Waals surface area contributed by atoms with E-state index in [9.17, 15) is 0 Å². The quantitative estimate of drug-likeness (QED) is 0.605. The summed E-state index contributed by atoms with van der Waals surface area (Å²) in [5.74, 6) is 0. The van der Waals surface area contributed by atoms with Gasteiger partial charge in [-0.15, -0.1) is 0 Å². The zero-order valence-electron chi connectivity index (χ0n) is 11.0. The van der Waals surface area contributed by atoms with Crippen LogP contribution in [0.3, 0.4) is 0 Å². The molecule has 0 aromatic heterocycles. The van der Waals surface area contributed by atoms with Gasteiger partial charge < -0.3 is 10.6 Å². The summed E-state index contributed by atoms with van der Waals surface area (Å²) in [5, 5.41) is 0.746. The predicted octanol–water partition coefficient (Wildman–Crippen LogP) is 4.33. The summed E-state index contributed by atoms with van der Waals surface area (Å²) >= 11 is 6.26. The van der Waals surface area contributed by atoms with Crippen LogP contribution in [0.1, 0.15) is 40.0 Å². The van der Waals surface area contributed by atoms with Crippen molar-refractivity contribution in [2.24, 2.45) is 0 Å². The van der Waals surface area contributed by atoms with Gasteiger partial charge in [-0.3, -0.25) is 0 Å². The van der Waals surface area contributed by atoms with Crippen LogP contribution in [0.15, 0.2) is 18.2 Å². The Hall–Kier alpha value is -0.890. The number of nitrogens with two attached hydrogens (primary N) is 1. The largest absolute Gasteiger partial charge is 0.397 e. The summed E-state index contributed by atoms with van der Waals surface area (Å²) in [6.45, 7) is 7.58. The van der Waals surface area contributed by atoms with E-state index in [0.717, 1.165) is 22.9 Å². The fourth-order valence-corrected chi connectivity index (χ4v) is 2.29. The number of hydrogen-bond donors (Lipinski definition) is 1. The zero-order valence-corrected chi connectivity index (χ0v) is 11.8. The molecule has 0 spiro atoms. The minimum atomic E-state index is 0.411. The molecule has 1 aromatic rings. The molecule has 0 radical (unpaired) electrons. The highest BCUT2D eigenvalue weighted by molar-refractivity contribution is 6.34. The molecule has 0 bridgehead atoms. The number of hydrogen-bond acceptors (Lipinski definition) is 2. The van der Waals surface area contributed by atoms with E-state index in [1.165, 1.54) is 19.3 Å². The maximum atomic E-state index is 6.26. The molecular formula is C14H23ClN2. The molecule has 0 aliphatic carbocycles. The van der Waals surface area contributed by atoms with Crippen molar-refractivity contribution >= 4 is 23.0 Å². The van der Waals surface area contributed by atoms with Crippen molar-refractivity contribution in [2.75, 3.05) is 17.2 Å². The first-order valence-electron chi connectivity index (χ1n) is 6.38. The fraction of sp³-hybridized carbons (Fsp3) is 0.571. The Morgan fingerprint density at radius 3 is 2.53 bits per heavy atom. The van der Waals surface area contributed by atoms with Crippen molar-refractivity contribution in [2.45, 2.75) is 46.1 Å². The summed E-state index contributed by atoms with van der Waals surface area (Å²) in [6.07, 6.45) is 3.65. The molecule has 3 heteroatoms. The Balaban J connectivity index is 2.89. The second kappa shape index (κ2) is 6.75. The molecule has 17 heavy (non-hydrogen) atoms. The average molecular weight is 255 g/mol. The molecule has 0 saturated carbocycles. The lowest BCUT2D eigenvalue weighted by Gasteiger charge is -2.31. The lowest BCUT2D eigenvalue weighted by atomic mass is 10.1. The minimum Gasteiger partial charge on any atom is -0.397 e. The number of unbranched alkanes of at least 4 members (excludes halogenated alkanes) is 2. The third-order valence-corrected chi connectivity index (χ3v) is 3.24. The lowest BCUT2D eigenvalue weighted by molar-refractivity contribution is 0.626. The van der Waals surface area contributed by atoms with Crippen LogP contribution in [0, 0.1) is 0 Å². The molecule has 2 nitrogen and oxygen atoms in total. The minimum absolute atomic E-state index is 0.411. The third kappa shape index (κ3) is 3.81. The Morgan fingerprint density at radius 1 is 1.29 bits per heavy atom. The summed E-state index contributed by atoms with van der Waals surface area (Å²) < 4.78 is 0. The smallest absolute Gasteiger partial charge is 0.0791 e. The van der Waals surface area contributed by atoms with E-state index in [2.05, 4.69) is 25.7 Å². The number of rotatable bonds is 6. The Labute approximate surface area is 110 Å². The van der Waals surface area contributed by atoms with Crippen molar-refractivity contribution < 1.29 is 0 Å². The van der Waals surface area contributed by atoms with Crippen molar-refractivity contribution in [3.05, 3.63) is 23.2 Å². The van der Waals surface area contributed by atoms with Gasteiger partial charge in [0.1, 0.15) is 0 Å². The Kier molecular flexibility index (Phi) is 5.63. The van der Waals surface area contributed by atoms with Crippen LogP contribution in [-0.4, -0.2) is 12.6 Å². The molecule has 1 rings (SSSR count). The Bertz CT molecular complexity index is 330. The zero-order chi connectivity index (χ0) is 12.8. The molecule has 2 N–H and O–H groups in total. The molecule has 96 valence electrons. The normalized spacial score (nSPS) is 10.9. The SMILES string of the molecule is CCCCCN(c1c(N)cccc1Cl)C(C)C. The molecule has 0 heterocycles. The first-order chi connectivity index (χ1) is 8.07. The third-order valence-electron chi connectivity index (χ3n) is 2.93. The molecule has 0 atom stereocenters. The van der Waals surface area contributed by atoms with Gasteiger partial charge >= 0.3 is 0 Å². The Morgan fingerprint density at radius 2 is 2.00 bits per heavy atom. The van der Waals surface area contributed by atoms with Crippen LogP contribution in [0.25, 0.3) is 0 Å². The maximum absolute atomic E-state index is 6.26. The second-order valence-electron chi connectivity index (χ2n) is 4.67. The van der Waals surface area contributed by atoms with E-state index in [1.54, 1.807) is 0 Å². The molecular weight excluding hydrogens is 232 g/mol. The van der Waals surface area contributed by atoms with Gasteiger partial charge in [0.2, 0.25) is 0 Å². The van der Waals surface area contributed by atoms with Gasteiger partial charge in [0, 0.05) is 12.6 Å². The molecule has 0 amide bonds. The lowest BCUT2D eigenvalue weighted by Crippen LogP contribution is -2.32. The molecule has 0 aliphatic heterocycles. The average Bonchev–Trinajstić information content (AvgIpc) is 2.26. The maximum Gasteiger partial charge on any atom is 0.0791 e.